The van der Waals surface area contributed by atoms with Crippen LogP contribution in [-0.2, 0) is 4.79 Å². The zero-order valence-corrected chi connectivity index (χ0v) is 4.29. The summed E-state index contributed by atoms with van der Waals surface area (Å²) in [7, 11) is 0. The number of aldehydes is 1. The van der Waals surface area contributed by atoms with Gasteiger partial charge in [-0.05, 0) is 0 Å². The second kappa shape index (κ2) is 2.20. The average Bonchev–Trinajstić information content (AvgIpc) is 1.90. The maximum atomic E-state index is 9.99. The SMILES string of the molecule is O=CC1=CC=C[C+]=C1. The van der Waals surface area contributed by atoms with Gasteiger partial charge in [0.05, 0.1) is 6.08 Å². The molecule has 8 heavy (non-hydrogen) atoms. The van der Waals surface area contributed by atoms with E-state index in [0.717, 1.165) is 6.29 Å². The molecule has 0 saturated carbocycles. The van der Waals surface area contributed by atoms with Crippen LogP contribution >= 0.6 is 0 Å². The van der Waals surface area contributed by atoms with E-state index in [1.807, 2.05) is 0 Å². The minimum absolute atomic E-state index is 0.674. The van der Waals surface area contributed by atoms with E-state index in [0.29, 0.717) is 5.57 Å². The van der Waals surface area contributed by atoms with Crippen molar-refractivity contribution in [2.24, 2.45) is 0 Å². The lowest BCUT2D eigenvalue weighted by molar-refractivity contribution is -0.104. The molecule has 1 aliphatic carbocycles. The van der Waals surface area contributed by atoms with Crippen molar-refractivity contribution in [3.05, 3.63) is 36.0 Å². The third-order valence-electron chi connectivity index (χ3n) is 0.867. The summed E-state index contributed by atoms with van der Waals surface area (Å²) in [6, 6.07) is 0. The molecule has 0 radical (unpaired) electrons. The molecule has 0 aromatic carbocycles. The molecular formula is C7H5O+. The summed E-state index contributed by atoms with van der Waals surface area (Å²) in [6.45, 7) is 0. The topological polar surface area (TPSA) is 17.1 Å². The Balaban J connectivity index is 2.82. The fourth-order valence-corrected chi connectivity index (χ4v) is 0.481. The summed E-state index contributed by atoms with van der Waals surface area (Å²) in [5.74, 6) is 0. The van der Waals surface area contributed by atoms with Crippen molar-refractivity contribution in [3.8, 4) is 0 Å². The monoisotopic (exact) mass is 105 g/mol. The first-order valence-electron chi connectivity index (χ1n) is 2.35. The van der Waals surface area contributed by atoms with Crippen LogP contribution in [0.1, 0.15) is 0 Å². The summed E-state index contributed by atoms with van der Waals surface area (Å²) < 4.78 is 0. The molecule has 0 N–H and O–H groups in total. The highest BCUT2D eigenvalue weighted by Crippen LogP contribution is 1.97. The maximum Gasteiger partial charge on any atom is 0.206 e. The Morgan fingerprint density at radius 3 is 2.88 bits per heavy atom. The number of hydrogen-bond donors (Lipinski definition) is 0. The molecule has 1 heteroatoms. The Hall–Kier alpha value is -1.20. The van der Waals surface area contributed by atoms with Gasteiger partial charge in [0.15, 0.2) is 0 Å². The molecule has 0 aromatic heterocycles. The van der Waals surface area contributed by atoms with E-state index in [9.17, 15) is 4.79 Å². The predicted octanol–water partition coefficient (Wildman–Crippen LogP) is 1.04. The highest BCUT2D eigenvalue weighted by atomic mass is 16.1. The summed E-state index contributed by atoms with van der Waals surface area (Å²) in [5.41, 5.74) is 0.674. The highest BCUT2D eigenvalue weighted by Gasteiger charge is 1.97. The minimum atomic E-state index is 0.674. The smallest absolute Gasteiger partial charge is 0.206 e. The minimum Gasteiger partial charge on any atom is -0.282 e. The Kier molecular flexibility index (Phi) is 1.36. The lowest BCUT2D eigenvalue weighted by Crippen LogP contribution is -1.79. The Morgan fingerprint density at radius 2 is 2.50 bits per heavy atom. The molecule has 0 bridgehead atoms. The molecule has 38 valence electrons. The Labute approximate surface area is 48.0 Å². The van der Waals surface area contributed by atoms with E-state index in [-0.39, 0.29) is 0 Å². The van der Waals surface area contributed by atoms with Crippen LogP contribution in [0, 0.1) is 6.08 Å². The fraction of sp³-hybridized carbons (Fsp3) is 0. The Morgan fingerprint density at radius 1 is 1.62 bits per heavy atom. The van der Waals surface area contributed by atoms with E-state index in [4.69, 9.17) is 0 Å². The largest absolute Gasteiger partial charge is 0.282 e. The molecule has 0 fully saturated rings. The van der Waals surface area contributed by atoms with Crippen molar-refractivity contribution in [2.45, 2.75) is 0 Å². The first-order chi connectivity index (χ1) is 3.93. The molecule has 0 aromatic rings. The molecule has 0 aliphatic heterocycles. The van der Waals surface area contributed by atoms with Crippen LogP contribution in [0.2, 0.25) is 0 Å². The number of carbonyl (C=O) groups excluding carboxylic acids is 1. The van der Waals surface area contributed by atoms with Crippen molar-refractivity contribution in [3.63, 3.8) is 0 Å². The first kappa shape index (κ1) is 4.95. The van der Waals surface area contributed by atoms with Gasteiger partial charge in [-0.25, -0.2) is 0 Å². The molecule has 0 amide bonds. The van der Waals surface area contributed by atoms with Crippen LogP contribution in [0.4, 0.5) is 0 Å². The standard InChI is InChI=1S/C7H5O/c8-6-7-4-2-1-3-5-7/h1-2,4-6H/q+1. The van der Waals surface area contributed by atoms with Crippen LogP contribution in [-0.4, -0.2) is 6.29 Å². The van der Waals surface area contributed by atoms with Crippen LogP contribution in [0.25, 0.3) is 0 Å². The van der Waals surface area contributed by atoms with E-state index < -0.39 is 0 Å². The van der Waals surface area contributed by atoms with Gasteiger partial charge >= 0.3 is 0 Å². The zero-order valence-electron chi connectivity index (χ0n) is 4.29. The van der Waals surface area contributed by atoms with E-state index in [1.54, 1.807) is 24.3 Å². The molecule has 1 nitrogen and oxygen atoms in total. The van der Waals surface area contributed by atoms with E-state index in [2.05, 4.69) is 6.08 Å². The van der Waals surface area contributed by atoms with Gasteiger partial charge in [-0.1, -0.05) is 0 Å². The summed E-state index contributed by atoms with van der Waals surface area (Å²) in [4.78, 5) is 9.99. The molecule has 1 aliphatic rings. The van der Waals surface area contributed by atoms with Gasteiger partial charge in [-0.3, -0.25) is 4.79 Å². The van der Waals surface area contributed by atoms with E-state index in [1.165, 1.54) is 0 Å². The maximum absolute atomic E-state index is 9.99. The molecule has 0 saturated heterocycles. The molecule has 0 unspecified atom stereocenters. The molecule has 0 spiro atoms. The summed E-state index contributed by atoms with van der Waals surface area (Å²) >= 11 is 0. The van der Waals surface area contributed by atoms with Gasteiger partial charge in [0.25, 0.3) is 0 Å². The fourth-order valence-electron chi connectivity index (χ4n) is 0.481. The average molecular weight is 105 g/mol. The van der Waals surface area contributed by atoms with Gasteiger partial charge in [0.2, 0.25) is 6.29 Å². The Bertz CT molecular complexity index is 173. The lowest BCUT2D eigenvalue weighted by atomic mass is 10.2. The van der Waals surface area contributed by atoms with Crippen molar-refractivity contribution in [2.75, 3.05) is 0 Å². The van der Waals surface area contributed by atoms with Crippen molar-refractivity contribution >= 4 is 6.29 Å². The first-order valence-corrected chi connectivity index (χ1v) is 2.35. The number of allylic oxidation sites excluding steroid dienone is 6. The van der Waals surface area contributed by atoms with Crippen LogP contribution in [0.15, 0.2) is 29.9 Å². The highest BCUT2D eigenvalue weighted by molar-refractivity contribution is 5.78. The van der Waals surface area contributed by atoms with Gasteiger partial charge < -0.3 is 0 Å². The van der Waals surface area contributed by atoms with Crippen LogP contribution < -0.4 is 0 Å². The van der Waals surface area contributed by atoms with Crippen LogP contribution in [0.3, 0.4) is 0 Å². The van der Waals surface area contributed by atoms with E-state index >= 15 is 0 Å². The second-order valence-electron chi connectivity index (χ2n) is 1.45. The number of hydrogen-bond acceptors (Lipinski definition) is 1. The third kappa shape index (κ3) is 0.895. The van der Waals surface area contributed by atoms with Crippen molar-refractivity contribution < 1.29 is 4.79 Å². The van der Waals surface area contributed by atoms with Gasteiger partial charge in [-0.15, -0.1) is 0 Å². The number of rotatable bonds is 1. The third-order valence-corrected chi connectivity index (χ3v) is 0.867. The zero-order chi connectivity index (χ0) is 5.82. The van der Waals surface area contributed by atoms with Crippen molar-refractivity contribution in [1.29, 1.82) is 0 Å². The lowest BCUT2D eigenvalue weighted by Gasteiger charge is -1.76. The number of carbonyl (C=O) groups is 1. The van der Waals surface area contributed by atoms with Crippen LogP contribution in [0.5, 0.6) is 0 Å². The second-order valence-corrected chi connectivity index (χ2v) is 1.45. The molecular weight excluding hydrogens is 100 g/mol. The predicted molar refractivity (Wildman–Crippen MR) is 31.1 cm³/mol. The molecule has 1 rings (SSSR count). The summed E-state index contributed by atoms with van der Waals surface area (Å²) in [6.07, 6.45) is 10.5. The molecule has 0 atom stereocenters. The normalized spacial score (nSPS) is 14.8. The van der Waals surface area contributed by atoms with Gasteiger partial charge in [0.1, 0.15) is 17.7 Å². The van der Waals surface area contributed by atoms with Gasteiger partial charge in [0, 0.05) is 12.2 Å². The van der Waals surface area contributed by atoms with Crippen molar-refractivity contribution in [1.82, 2.24) is 0 Å². The van der Waals surface area contributed by atoms with Gasteiger partial charge in [-0.2, -0.15) is 0 Å². The molecule has 0 heterocycles. The summed E-state index contributed by atoms with van der Waals surface area (Å²) in [5, 5.41) is 0. The quantitative estimate of drug-likeness (QED) is 0.359.